The minimum Gasteiger partial charge on any atom is -0.366 e. The van der Waals surface area contributed by atoms with Crippen LogP contribution in [0.2, 0.25) is 25.7 Å². The Hall–Kier alpha value is -2.71. The van der Waals surface area contributed by atoms with Crippen molar-refractivity contribution < 1.29 is 13.9 Å². The second-order valence-electron chi connectivity index (χ2n) is 8.82. The fraction of sp³-hybridized carbons (Fsp3) is 0.364. The number of amides is 1. The van der Waals surface area contributed by atoms with Gasteiger partial charge in [0.15, 0.2) is 0 Å². The van der Waals surface area contributed by atoms with Gasteiger partial charge in [0.1, 0.15) is 12.5 Å². The van der Waals surface area contributed by atoms with Crippen molar-refractivity contribution >= 4 is 14.0 Å². The van der Waals surface area contributed by atoms with E-state index < -0.39 is 19.8 Å². The smallest absolute Gasteiger partial charge is 0.250 e. The highest BCUT2D eigenvalue weighted by Crippen LogP contribution is 2.34. The van der Waals surface area contributed by atoms with Gasteiger partial charge in [-0.1, -0.05) is 25.7 Å². The van der Waals surface area contributed by atoms with Crippen LogP contribution in [0.25, 0.3) is 22.5 Å². The van der Waals surface area contributed by atoms with E-state index in [9.17, 15) is 9.18 Å². The number of aryl methyl sites for hydroxylation is 2. The Morgan fingerprint density at radius 2 is 2.00 bits per heavy atom. The Kier molecular flexibility index (Phi) is 6.28. The molecule has 2 heterocycles. The van der Waals surface area contributed by atoms with E-state index in [2.05, 4.69) is 24.7 Å². The van der Waals surface area contributed by atoms with E-state index in [1.54, 1.807) is 23.0 Å². The summed E-state index contributed by atoms with van der Waals surface area (Å²) in [5, 5.41) is 4.23. The lowest BCUT2D eigenvalue weighted by atomic mass is 10.0. The number of hydrogen-bond acceptors (Lipinski definition) is 3. The zero-order valence-electron chi connectivity index (χ0n) is 18.2. The Bertz CT molecular complexity index is 1070. The number of nitrogens with two attached hydrogens (primary N) is 1. The summed E-state index contributed by atoms with van der Waals surface area (Å²) in [7, 11) is 0.560. The Morgan fingerprint density at radius 3 is 2.57 bits per heavy atom. The summed E-state index contributed by atoms with van der Waals surface area (Å²) in [6.07, 6.45) is 3.54. The molecule has 0 aliphatic heterocycles. The molecule has 160 valence electrons. The molecule has 8 heteroatoms. The van der Waals surface area contributed by atoms with Gasteiger partial charge in [-0.05, 0) is 36.7 Å². The summed E-state index contributed by atoms with van der Waals surface area (Å²) in [5.74, 6) is -1.02. The van der Waals surface area contributed by atoms with Gasteiger partial charge in [-0.15, -0.1) is 0 Å². The first-order valence-corrected chi connectivity index (χ1v) is 13.6. The number of primary amides is 1. The third-order valence-corrected chi connectivity index (χ3v) is 6.66. The number of hydrogen-bond donors (Lipinski definition) is 1. The molecule has 0 bridgehead atoms. The van der Waals surface area contributed by atoms with Gasteiger partial charge in [0.2, 0.25) is 0 Å². The number of halogens is 1. The van der Waals surface area contributed by atoms with E-state index >= 15 is 0 Å². The number of rotatable bonds is 8. The van der Waals surface area contributed by atoms with Crippen molar-refractivity contribution in [3.63, 3.8) is 0 Å². The fourth-order valence-electron chi connectivity index (χ4n) is 3.30. The summed E-state index contributed by atoms with van der Waals surface area (Å²) in [4.78, 5) is 12.3. The van der Waals surface area contributed by atoms with Crippen LogP contribution in [0.5, 0.6) is 0 Å². The highest BCUT2D eigenvalue weighted by Gasteiger charge is 2.24. The van der Waals surface area contributed by atoms with E-state index in [0.29, 0.717) is 23.6 Å². The number of nitrogens with zero attached hydrogens (tertiary/aromatic N) is 3. The number of aromatic nitrogens is 3. The maximum Gasteiger partial charge on any atom is 0.250 e. The SMILES string of the molecule is Cc1ccc(-c2c(C(N)=O)cc(-c3cnn(C)c3)n2COCC[Si](C)(C)C)c(F)c1. The normalized spacial score (nSPS) is 11.8. The minimum atomic E-state index is -1.26. The highest BCUT2D eigenvalue weighted by molar-refractivity contribution is 6.76. The van der Waals surface area contributed by atoms with Crippen molar-refractivity contribution in [3.05, 3.63) is 53.6 Å². The van der Waals surface area contributed by atoms with Gasteiger partial charge >= 0.3 is 0 Å². The monoisotopic (exact) mass is 428 g/mol. The van der Waals surface area contributed by atoms with Crippen molar-refractivity contribution in [3.8, 4) is 22.5 Å². The zero-order chi connectivity index (χ0) is 22.1. The van der Waals surface area contributed by atoms with E-state index in [-0.39, 0.29) is 12.3 Å². The van der Waals surface area contributed by atoms with Crippen molar-refractivity contribution in [1.29, 1.82) is 0 Å². The van der Waals surface area contributed by atoms with E-state index in [0.717, 1.165) is 17.2 Å². The fourth-order valence-corrected chi connectivity index (χ4v) is 4.06. The summed E-state index contributed by atoms with van der Waals surface area (Å²) in [6.45, 7) is 9.45. The molecule has 0 saturated heterocycles. The third-order valence-electron chi connectivity index (χ3n) is 4.96. The van der Waals surface area contributed by atoms with Gasteiger partial charge in [-0.3, -0.25) is 9.48 Å². The van der Waals surface area contributed by atoms with Gasteiger partial charge < -0.3 is 15.0 Å². The second kappa shape index (κ2) is 8.57. The average molecular weight is 429 g/mol. The van der Waals surface area contributed by atoms with Crippen molar-refractivity contribution in [2.75, 3.05) is 6.61 Å². The first-order valence-electron chi connectivity index (χ1n) is 9.93. The van der Waals surface area contributed by atoms with Gasteiger partial charge in [0, 0.05) is 39.1 Å². The molecule has 0 aliphatic rings. The lowest BCUT2D eigenvalue weighted by Crippen LogP contribution is -2.22. The van der Waals surface area contributed by atoms with Crippen LogP contribution in [0.15, 0.2) is 36.7 Å². The molecule has 0 unspecified atom stereocenters. The van der Waals surface area contributed by atoms with Gasteiger partial charge in [-0.2, -0.15) is 5.10 Å². The lowest BCUT2D eigenvalue weighted by Gasteiger charge is -2.18. The standard InChI is InChI=1S/C22H29FN4O2Si/c1-15-6-7-17(19(23)10-15)21-18(22(24)28)11-20(16-12-25-26(2)13-16)27(21)14-29-8-9-30(3,4)5/h6-7,10-13H,8-9,14H2,1-5H3,(H2,24,28). The predicted octanol–water partition coefficient (Wildman–Crippen LogP) is 4.41. The van der Waals surface area contributed by atoms with Crippen LogP contribution in [0.4, 0.5) is 4.39 Å². The van der Waals surface area contributed by atoms with E-state index in [4.69, 9.17) is 10.5 Å². The first-order chi connectivity index (χ1) is 14.1. The third kappa shape index (κ3) is 4.88. The predicted molar refractivity (Wildman–Crippen MR) is 119 cm³/mol. The Balaban J connectivity index is 2.12. The second-order valence-corrected chi connectivity index (χ2v) is 14.4. The highest BCUT2D eigenvalue weighted by atomic mass is 28.3. The summed E-state index contributed by atoms with van der Waals surface area (Å²) in [6, 6.07) is 7.64. The molecule has 1 aromatic carbocycles. The molecule has 3 aromatic rings. The van der Waals surface area contributed by atoms with Gasteiger partial charge in [0.25, 0.3) is 5.91 Å². The number of ether oxygens (including phenoxy) is 1. The molecule has 3 rings (SSSR count). The molecular weight excluding hydrogens is 399 g/mol. The molecular formula is C22H29FN4O2Si. The molecule has 30 heavy (non-hydrogen) atoms. The lowest BCUT2D eigenvalue weighted by molar-refractivity contribution is 0.0893. The summed E-state index contributed by atoms with van der Waals surface area (Å²) < 4.78 is 24.4. The molecule has 0 spiro atoms. The van der Waals surface area contributed by atoms with Crippen LogP contribution in [0.3, 0.4) is 0 Å². The average Bonchev–Trinajstić information content (AvgIpc) is 3.22. The van der Waals surface area contributed by atoms with Crippen molar-refractivity contribution in [1.82, 2.24) is 14.3 Å². The summed E-state index contributed by atoms with van der Waals surface area (Å²) >= 11 is 0. The molecule has 0 atom stereocenters. The topological polar surface area (TPSA) is 75.1 Å². The quantitative estimate of drug-likeness (QED) is 0.426. The Morgan fingerprint density at radius 1 is 1.27 bits per heavy atom. The van der Waals surface area contributed by atoms with Crippen LogP contribution in [0, 0.1) is 12.7 Å². The number of carbonyl (C=O) groups excluding carboxylic acids is 1. The maximum absolute atomic E-state index is 14.9. The van der Waals surface area contributed by atoms with E-state index in [1.165, 1.54) is 6.07 Å². The molecule has 6 nitrogen and oxygen atoms in total. The van der Waals surface area contributed by atoms with E-state index in [1.807, 2.05) is 30.8 Å². The van der Waals surface area contributed by atoms with Gasteiger partial charge in [0.05, 0.1) is 23.1 Å². The zero-order valence-corrected chi connectivity index (χ0v) is 19.2. The minimum absolute atomic E-state index is 0.185. The van der Waals surface area contributed by atoms with Crippen molar-refractivity contribution in [2.45, 2.75) is 39.3 Å². The van der Waals surface area contributed by atoms with Crippen LogP contribution in [0.1, 0.15) is 15.9 Å². The van der Waals surface area contributed by atoms with Crippen LogP contribution in [-0.2, 0) is 18.5 Å². The largest absolute Gasteiger partial charge is 0.366 e. The molecule has 2 aromatic heterocycles. The molecule has 1 amide bonds. The maximum atomic E-state index is 14.9. The molecule has 2 N–H and O–H groups in total. The molecule has 0 fully saturated rings. The van der Waals surface area contributed by atoms with Gasteiger partial charge in [-0.25, -0.2) is 4.39 Å². The molecule has 0 radical (unpaired) electrons. The number of carbonyl (C=O) groups is 1. The number of benzene rings is 1. The van der Waals surface area contributed by atoms with Crippen LogP contribution >= 0.6 is 0 Å². The summed E-state index contributed by atoms with van der Waals surface area (Å²) in [5.41, 5.74) is 8.98. The van der Waals surface area contributed by atoms with Crippen molar-refractivity contribution in [2.24, 2.45) is 12.8 Å². The van der Waals surface area contributed by atoms with Crippen LogP contribution in [-0.4, -0.2) is 34.9 Å². The molecule has 0 aliphatic carbocycles. The first kappa shape index (κ1) is 22.0. The Labute approximate surface area is 177 Å². The molecule has 0 saturated carbocycles. The van der Waals surface area contributed by atoms with Crippen LogP contribution < -0.4 is 5.73 Å².